The van der Waals surface area contributed by atoms with Crippen molar-refractivity contribution in [2.24, 2.45) is 0 Å². The van der Waals surface area contributed by atoms with Crippen molar-refractivity contribution in [1.29, 1.82) is 0 Å². The molecule has 2 rings (SSSR count). The molecule has 0 atom stereocenters. The minimum atomic E-state index is 0.600. The molecule has 0 amide bonds. The fourth-order valence-electron chi connectivity index (χ4n) is 2.62. The van der Waals surface area contributed by atoms with Crippen LogP contribution >= 0.6 is 0 Å². The van der Waals surface area contributed by atoms with Gasteiger partial charge in [0, 0.05) is 6.42 Å². The average Bonchev–Trinajstić information content (AvgIpc) is 2.55. The molecule has 0 saturated carbocycles. The van der Waals surface area contributed by atoms with Crippen LogP contribution in [0.1, 0.15) is 68.7 Å². The molecule has 16 heavy (non-hydrogen) atoms. The minimum absolute atomic E-state index is 0.600. The van der Waals surface area contributed by atoms with Crippen LogP contribution in [-0.2, 0) is 0 Å². The van der Waals surface area contributed by atoms with E-state index in [-0.39, 0.29) is 0 Å². The van der Waals surface area contributed by atoms with Crippen LogP contribution < -0.4 is 0 Å². The van der Waals surface area contributed by atoms with Crippen LogP contribution in [0.2, 0.25) is 0 Å². The van der Waals surface area contributed by atoms with Crippen molar-refractivity contribution in [3.8, 4) is 0 Å². The second-order valence-electron chi connectivity index (χ2n) is 5.41. The van der Waals surface area contributed by atoms with Gasteiger partial charge in [-0.25, -0.2) is 0 Å². The third kappa shape index (κ3) is 1.81. The second-order valence-corrected chi connectivity index (χ2v) is 5.41. The summed E-state index contributed by atoms with van der Waals surface area (Å²) in [5.74, 6) is 1.21. The van der Waals surface area contributed by atoms with E-state index in [1.807, 2.05) is 0 Å². The molecule has 0 heterocycles. The molecule has 1 aromatic carbocycles. The number of hydrogen-bond donors (Lipinski definition) is 0. The molecule has 1 aromatic rings. The van der Waals surface area contributed by atoms with E-state index in [2.05, 4.69) is 59.2 Å². The third-order valence-corrected chi connectivity index (χ3v) is 3.31. The second kappa shape index (κ2) is 4.08. The molecule has 1 aliphatic rings. The van der Waals surface area contributed by atoms with Crippen LogP contribution in [0, 0.1) is 6.42 Å². The van der Waals surface area contributed by atoms with Crippen molar-refractivity contribution in [2.75, 3.05) is 0 Å². The molecule has 0 saturated heterocycles. The van der Waals surface area contributed by atoms with Gasteiger partial charge in [-0.1, -0.05) is 51.5 Å². The van der Waals surface area contributed by atoms with Crippen LogP contribution in [0.3, 0.4) is 0 Å². The zero-order chi connectivity index (χ0) is 11.9. The maximum Gasteiger partial charge on any atom is 0.0161 e. The van der Waals surface area contributed by atoms with E-state index >= 15 is 0 Å². The molecule has 0 unspecified atom stereocenters. The number of fused-ring (bicyclic) bond motifs is 1. The van der Waals surface area contributed by atoms with Gasteiger partial charge in [-0.3, -0.25) is 0 Å². The van der Waals surface area contributed by atoms with Gasteiger partial charge in [0.2, 0.25) is 0 Å². The first-order valence-electron chi connectivity index (χ1n) is 6.20. The molecule has 0 fully saturated rings. The summed E-state index contributed by atoms with van der Waals surface area (Å²) in [5.41, 5.74) is 7.27. The molecule has 0 spiro atoms. The highest BCUT2D eigenvalue weighted by Gasteiger charge is 2.19. The Morgan fingerprint density at radius 2 is 1.62 bits per heavy atom. The van der Waals surface area contributed by atoms with Crippen LogP contribution in [0.5, 0.6) is 0 Å². The average molecular weight is 213 g/mol. The van der Waals surface area contributed by atoms with Crippen molar-refractivity contribution >= 4 is 6.08 Å². The lowest BCUT2D eigenvalue weighted by Gasteiger charge is -2.19. The first-order chi connectivity index (χ1) is 7.50. The summed E-state index contributed by atoms with van der Waals surface area (Å²) in [6, 6.07) is 4.57. The highest BCUT2D eigenvalue weighted by Crippen LogP contribution is 2.37. The Bertz CT molecular complexity index is 434. The maximum atomic E-state index is 2.33. The molecule has 0 N–H and O–H groups in total. The van der Waals surface area contributed by atoms with E-state index in [1.165, 1.54) is 22.3 Å². The van der Waals surface area contributed by atoms with Gasteiger partial charge in [-0.2, -0.15) is 0 Å². The lowest BCUT2D eigenvalue weighted by atomic mass is 9.85. The Morgan fingerprint density at radius 1 is 0.938 bits per heavy atom. The quantitative estimate of drug-likeness (QED) is 0.655. The smallest absolute Gasteiger partial charge is 0.0161 e. The van der Waals surface area contributed by atoms with Gasteiger partial charge in [0.15, 0.2) is 0 Å². The minimum Gasteiger partial charge on any atom is -0.0642 e. The zero-order valence-electron chi connectivity index (χ0n) is 11.0. The van der Waals surface area contributed by atoms with Crippen molar-refractivity contribution in [1.82, 2.24) is 0 Å². The highest BCUT2D eigenvalue weighted by molar-refractivity contribution is 5.73. The lowest BCUT2D eigenvalue weighted by molar-refractivity contribution is 0.788. The molecule has 0 aromatic heterocycles. The molecule has 0 nitrogen and oxygen atoms in total. The van der Waals surface area contributed by atoms with Gasteiger partial charge in [0.25, 0.3) is 0 Å². The Hall–Kier alpha value is -1.04. The van der Waals surface area contributed by atoms with E-state index in [9.17, 15) is 0 Å². The third-order valence-electron chi connectivity index (χ3n) is 3.31. The molecule has 85 valence electrons. The fraction of sp³-hybridized carbons (Fsp3) is 0.438. The fourth-order valence-corrected chi connectivity index (χ4v) is 2.62. The first-order valence-corrected chi connectivity index (χ1v) is 6.20. The summed E-state index contributed by atoms with van der Waals surface area (Å²) in [4.78, 5) is 0. The summed E-state index contributed by atoms with van der Waals surface area (Å²) in [6.45, 7) is 11.3. The predicted octanol–water partition coefficient (Wildman–Crippen LogP) is 4.90. The van der Waals surface area contributed by atoms with E-state index in [1.54, 1.807) is 5.56 Å². The molecule has 1 aliphatic carbocycles. The number of benzene rings is 1. The van der Waals surface area contributed by atoms with Gasteiger partial charge in [-0.05, 0) is 41.0 Å². The summed E-state index contributed by atoms with van der Waals surface area (Å²) < 4.78 is 0. The molecule has 0 aliphatic heterocycles. The van der Waals surface area contributed by atoms with Crippen molar-refractivity contribution in [2.45, 2.75) is 46.5 Å². The Labute approximate surface area is 99.4 Å². The van der Waals surface area contributed by atoms with Gasteiger partial charge >= 0.3 is 0 Å². The van der Waals surface area contributed by atoms with Crippen molar-refractivity contribution in [3.05, 3.63) is 46.4 Å². The summed E-state index contributed by atoms with van der Waals surface area (Å²) in [7, 11) is 0. The summed E-state index contributed by atoms with van der Waals surface area (Å²) >= 11 is 0. The Kier molecular flexibility index (Phi) is 2.92. The normalized spacial score (nSPS) is 14.6. The standard InChI is InChI=1S/C16H21/c1-10(2)14-7-6-13-8-12(5)9-15(13)16(14)11(3)4/h6-11H,1-5H3. The molecular weight excluding hydrogens is 192 g/mol. The molecule has 0 bridgehead atoms. The van der Waals surface area contributed by atoms with Crippen molar-refractivity contribution < 1.29 is 0 Å². The molecule has 1 radical (unpaired) electrons. The first kappa shape index (κ1) is 11.4. The summed E-state index contributed by atoms with van der Waals surface area (Å²) in [6.07, 6.45) is 4.61. The van der Waals surface area contributed by atoms with Crippen molar-refractivity contribution in [3.63, 3.8) is 0 Å². The monoisotopic (exact) mass is 213 g/mol. The molecule has 0 heteroatoms. The maximum absolute atomic E-state index is 2.33. The Balaban J connectivity index is 2.64. The van der Waals surface area contributed by atoms with E-state index in [4.69, 9.17) is 0 Å². The van der Waals surface area contributed by atoms with Crippen LogP contribution in [0.15, 0.2) is 17.7 Å². The zero-order valence-corrected chi connectivity index (χ0v) is 11.0. The lowest BCUT2D eigenvalue weighted by Crippen LogP contribution is -2.02. The number of allylic oxidation sites excluding steroid dienone is 1. The molecular formula is C16H21. The summed E-state index contributed by atoms with van der Waals surface area (Å²) in [5, 5.41) is 0. The van der Waals surface area contributed by atoms with Crippen LogP contribution in [0.4, 0.5) is 0 Å². The topological polar surface area (TPSA) is 0 Å². The van der Waals surface area contributed by atoms with Gasteiger partial charge in [-0.15, -0.1) is 0 Å². The van der Waals surface area contributed by atoms with E-state index in [0.29, 0.717) is 11.8 Å². The van der Waals surface area contributed by atoms with Crippen LogP contribution in [-0.4, -0.2) is 0 Å². The predicted molar refractivity (Wildman–Crippen MR) is 71.7 cm³/mol. The number of rotatable bonds is 2. The number of hydrogen-bond acceptors (Lipinski definition) is 0. The van der Waals surface area contributed by atoms with Gasteiger partial charge < -0.3 is 0 Å². The van der Waals surface area contributed by atoms with Crippen LogP contribution in [0.25, 0.3) is 6.08 Å². The van der Waals surface area contributed by atoms with Gasteiger partial charge in [0.1, 0.15) is 0 Å². The Morgan fingerprint density at radius 3 is 2.19 bits per heavy atom. The van der Waals surface area contributed by atoms with E-state index < -0.39 is 0 Å². The van der Waals surface area contributed by atoms with E-state index in [0.717, 1.165) is 0 Å². The largest absolute Gasteiger partial charge is 0.0642 e. The highest BCUT2D eigenvalue weighted by atomic mass is 14.2. The van der Waals surface area contributed by atoms with Gasteiger partial charge in [0.05, 0.1) is 0 Å². The SMILES string of the molecule is CC1=Cc2c(ccc(C(C)C)c2C(C)C)[CH]1.